The van der Waals surface area contributed by atoms with Crippen molar-refractivity contribution in [2.24, 2.45) is 0 Å². The van der Waals surface area contributed by atoms with Crippen molar-refractivity contribution in [3.05, 3.63) is 34.5 Å². The molecule has 1 aromatic carbocycles. The number of thiocarbonyl (C=S) groups is 1. The Bertz CT molecular complexity index is 913. The Hall–Kier alpha value is -1.59. The summed E-state index contributed by atoms with van der Waals surface area (Å²) in [5.74, 6) is 0.569. The molecule has 0 amide bonds. The van der Waals surface area contributed by atoms with E-state index in [1.807, 2.05) is 0 Å². The summed E-state index contributed by atoms with van der Waals surface area (Å²) in [5, 5.41) is 6.17. The molecule has 4 rings (SSSR count). The minimum atomic E-state index is 0.410. The lowest BCUT2D eigenvalue weighted by atomic mass is 9.73. The smallest absolute Gasteiger partial charge is 0.169 e. The molecule has 0 bridgehead atoms. The third-order valence-corrected chi connectivity index (χ3v) is 7.72. The third kappa shape index (κ3) is 3.75. The molecular formula is C25H38N4S. The van der Waals surface area contributed by atoms with E-state index in [9.17, 15) is 0 Å². The SMILES string of the molecule is CCCN1C[C@@H](NC(=S)N(CC)CC)CC2c3cc(CC)cc4[nH]c(C)c(c34)C[C@H]21. The van der Waals surface area contributed by atoms with E-state index in [-0.39, 0.29) is 0 Å². The molecule has 2 aliphatic rings. The van der Waals surface area contributed by atoms with Crippen molar-refractivity contribution in [3.8, 4) is 0 Å². The fourth-order valence-corrected chi connectivity index (χ4v) is 6.25. The standard InChI is InChI=1S/C25H38N4S/c1-6-10-29-15-18(27-25(30)28(8-3)9-4)13-20-21-11-17(7-2)12-22-24(21)19(14-23(20)29)16(5)26-22/h11-12,18,20,23,26H,6-10,13-15H2,1-5H3,(H,27,30)/t18-,20?,23+/m0/s1. The fourth-order valence-electron chi connectivity index (χ4n) is 5.83. The highest BCUT2D eigenvalue weighted by Crippen LogP contribution is 2.45. The molecule has 1 aliphatic carbocycles. The zero-order chi connectivity index (χ0) is 21.4. The Morgan fingerprint density at radius 3 is 2.67 bits per heavy atom. The van der Waals surface area contributed by atoms with Crippen LogP contribution in [0.25, 0.3) is 10.9 Å². The molecule has 5 heteroatoms. The number of hydrogen-bond donors (Lipinski definition) is 2. The Balaban J connectivity index is 1.71. The minimum absolute atomic E-state index is 0.410. The lowest BCUT2D eigenvalue weighted by Gasteiger charge is -2.48. The van der Waals surface area contributed by atoms with E-state index in [2.05, 4.69) is 66.9 Å². The molecule has 1 aliphatic heterocycles. The van der Waals surface area contributed by atoms with Gasteiger partial charge in [0.2, 0.25) is 0 Å². The number of H-pyrrole nitrogens is 1. The molecule has 1 aromatic heterocycles. The van der Waals surface area contributed by atoms with Crippen LogP contribution in [0.5, 0.6) is 0 Å². The van der Waals surface area contributed by atoms with Crippen molar-refractivity contribution in [1.82, 2.24) is 20.1 Å². The van der Waals surface area contributed by atoms with Crippen LogP contribution in [-0.2, 0) is 12.8 Å². The molecule has 3 atom stereocenters. The van der Waals surface area contributed by atoms with Gasteiger partial charge in [0.15, 0.2) is 5.11 Å². The Kier molecular flexibility index (Phi) is 6.40. The van der Waals surface area contributed by atoms with Crippen molar-refractivity contribution in [3.63, 3.8) is 0 Å². The second-order valence-corrected chi connectivity index (χ2v) is 9.50. The predicted octanol–water partition coefficient (Wildman–Crippen LogP) is 4.75. The summed E-state index contributed by atoms with van der Waals surface area (Å²) >= 11 is 5.77. The molecule has 1 saturated heterocycles. The van der Waals surface area contributed by atoms with Gasteiger partial charge in [-0.25, -0.2) is 0 Å². The maximum Gasteiger partial charge on any atom is 0.169 e. The summed E-state index contributed by atoms with van der Waals surface area (Å²) in [5.41, 5.74) is 7.27. The van der Waals surface area contributed by atoms with E-state index in [1.165, 1.54) is 35.0 Å². The zero-order valence-corrected chi connectivity index (χ0v) is 20.2. The Labute approximate surface area is 187 Å². The van der Waals surface area contributed by atoms with Crippen LogP contribution in [0.4, 0.5) is 0 Å². The molecule has 2 heterocycles. The molecule has 164 valence electrons. The van der Waals surface area contributed by atoms with Gasteiger partial charge in [-0.15, -0.1) is 0 Å². The van der Waals surface area contributed by atoms with E-state index < -0.39 is 0 Å². The van der Waals surface area contributed by atoms with E-state index in [4.69, 9.17) is 12.2 Å². The second-order valence-electron chi connectivity index (χ2n) is 9.12. The number of rotatable bonds is 6. The Morgan fingerprint density at radius 1 is 1.23 bits per heavy atom. The number of hydrogen-bond acceptors (Lipinski definition) is 2. The van der Waals surface area contributed by atoms with Gasteiger partial charge in [-0.05, 0) is 88.0 Å². The average molecular weight is 427 g/mol. The molecular weight excluding hydrogens is 388 g/mol. The highest BCUT2D eigenvalue weighted by molar-refractivity contribution is 7.80. The lowest BCUT2D eigenvalue weighted by Crippen LogP contribution is -2.57. The first-order valence-corrected chi connectivity index (χ1v) is 12.3. The van der Waals surface area contributed by atoms with Gasteiger partial charge in [0.1, 0.15) is 0 Å². The van der Waals surface area contributed by atoms with Crippen molar-refractivity contribution in [2.75, 3.05) is 26.2 Å². The van der Waals surface area contributed by atoms with Gasteiger partial charge in [-0.3, -0.25) is 4.90 Å². The van der Waals surface area contributed by atoms with Crippen LogP contribution in [0.1, 0.15) is 68.8 Å². The Morgan fingerprint density at radius 2 is 2.00 bits per heavy atom. The quantitative estimate of drug-likeness (QED) is 0.654. The first-order chi connectivity index (χ1) is 14.5. The van der Waals surface area contributed by atoms with Crippen molar-refractivity contribution in [2.45, 2.75) is 78.3 Å². The topological polar surface area (TPSA) is 34.3 Å². The maximum absolute atomic E-state index is 5.77. The minimum Gasteiger partial charge on any atom is -0.359 e. The summed E-state index contributed by atoms with van der Waals surface area (Å²) in [6, 6.07) is 5.88. The van der Waals surface area contributed by atoms with Gasteiger partial charge in [-0.2, -0.15) is 0 Å². The highest BCUT2D eigenvalue weighted by atomic mass is 32.1. The molecule has 0 saturated carbocycles. The summed E-state index contributed by atoms with van der Waals surface area (Å²) in [6.07, 6.45) is 4.61. The number of piperidine rings is 1. The van der Waals surface area contributed by atoms with Gasteiger partial charge < -0.3 is 15.2 Å². The van der Waals surface area contributed by atoms with Gasteiger partial charge in [0.05, 0.1) is 0 Å². The van der Waals surface area contributed by atoms with E-state index >= 15 is 0 Å². The summed E-state index contributed by atoms with van der Waals surface area (Å²) in [4.78, 5) is 8.71. The number of aromatic nitrogens is 1. The number of aromatic amines is 1. The van der Waals surface area contributed by atoms with E-state index in [0.717, 1.165) is 44.1 Å². The number of aryl methyl sites for hydroxylation is 2. The molecule has 30 heavy (non-hydrogen) atoms. The predicted molar refractivity (Wildman–Crippen MR) is 132 cm³/mol. The van der Waals surface area contributed by atoms with E-state index in [0.29, 0.717) is 18.0 Å². The van der Waals surface area contributed by atoms with Crippen molar-refractivity contribution in [1.29, 1.82) is 0 Å². The number of nitrogens with one attached hydrogen (secondary N) is 2. The van der Waals surface area contributed by atoms with Crippen LogP contribution < -0.4 is 5.32 Å². The van der Waals surface area contributed by atoms with Crippen LogP contribution in [-0.4, -0.2) is 58.2 Å². The molecule has 2 N–H and O–H groups in total. The maximum atomic E-state index is 5.77. The highest BCUT2D eigenvalue weighted by Gasteiger charge is 2.41. The second kappa shape index (κ2) is 8.88. The van der Waals surface area contributed by atoms with Gasteiger partial charge >= 0.3 is 0 Å². The monoisotopic (exact) mass is 426 g/mol. The average Bonchev–Trinajstić information content (AvgIpc) is 3.05. The largest absolute Gasteiger partial charge is 0.359 e. The molecule has 2 aromatic rings. The normalized spacial score (nSPS) is 23.4. The number of fused-ring (bicyclic) bond motifs is 2. The van der Waals surface area contributed by atoms with Gasteiger partial charge in [-0.1, -0.05) is 19.9 Å². The van der Waals surface area contributed by atoms with Crippen LogP contribution >= 0.6 is 12.2 Å². The van der Waals surface area contributed by atoms with Crippen molar-refractivity contribution >= 4 is 28.2 Å². The molecule has 4 nitrogen and oxygen atoms in total. The number of nitrogens with zero attached hydrogens (tertiary/aromatic N) is 2. The van der Waals surface area contributed by atoms with Crippen LogP contribution in [0, 0.1) is 6.92 Å². The summed E-state index contributed by atoms with van der Waals surface area (Å²) < 4.78 is 0. The molecule has 0 radical (unpaired) electrons. The third-order valence-electron chi connectivity index (χ3n) is 7.34. The van der Waals surface area contributed by atoms with Crippen LogP contribution in [0.3, 0.4) is 0 Å². The van der Waals surface area contributed by atoms with Gasteiger partial charge in [0.25, 0.3) is 0 Å². The van der Waals surface area contributed by atoms with Crippen LogP contribution in [0.2, 0.25) is 0 Å². The lowest BCUT2D eigenvalue weighted by molar-refractivity contribution is 0.104. The summed E-state index contributed by atoms with van der Waals surface area (Å²) in [7, 11) is 0. The zero-order valence-electron chi connectivity index (χ0n) is 19.3. The first-order valence-electron chi connectivity index (χ1n) is 11.9. The molecule has 1 fully saturated rings. The number of benzene rings is 1. The van der Waals surface area contributed by atoms with E-state index in [1.54, 1.807) is 11.1 Å². The molecule has 1 unspecified atom stereocenters. The van der Waals surface area contributed by atoms with Gasteiger partial charge in [0, 0.05) is 54.2 Å². The molecule has 0 spiro atoms. The summed E-state index contributed by atoms with van der Waals surface area (Å²) in [6.45, 7) is 15.4. The first kappa shape index (κ1) is 21.6. The van der Waals surface area contributed by atoms with Crippen LogP contribution in [0.15, 0.2) is 12.1 Å². The fraction of sp³-hybridized carbons (Fsp3) is 0.640. The van der Waals surface area contributed by atoms with Crippen molar-refractivity contribution < 1.29 is 0 Å². The number of likely N-dealkylation sites (tertiary alicyclic amines) is 1.